The fourth-order valence-electron chi connectivity index (χ4n) is 3.27. The van der Waals surface area contributed by atoms with Crippen LogP contribution in [0.1, 0.15) is 19.8 Å². The van der Waals surface area contributed by atoms with Gasteiger partial charge in [0.05, 0.1) is 6.61 Å². The highest BCUT2D eigenvalue weighted by Gasteiger charge is 2.18. The van der Waals surface area contributed by atoms with E-state index in [1.54, 1.807) is 0 Å². The average Bonchev–Trinajstić information content (AvgIpc) is 2.89. The molecule has 1 N–H and O–H groups in total. The highest BCUT2D eigenvalue weighted by Crippen LogP contribution is 2.21. The third-order valence-corrected chi connectivity index (χ3v) is 5.11. The van der Waals surface area contributed by atoms with Gasteiger partial charge in [-0.25, -0.2) is 0 Å². The van der Waals surface area contributed by atoms with E-state index in [0.29, 0.717) is 24.3 Å². The molecule has 1 aromatic heterocycles. The molecule has 7 nitrogen and oxygen atoms in total. The van der Waals surface area contributed by atoms with Gasteiger partial charge in [-0.1, -0.05) is 0 Å². The lowest BCUT2D eigenvalue weighted by molar-refractivity contribution is -0.131. The van der Waals surface area contributed by atoms with E-state index in [1.807, 2.05) is 40.7 Å². The number of nitrogens with one attached hydrogen (secondary N) is 1. The quantitative estimate of drug-likeness (QED) is 0.769. The van der Waals surface area contributed by atoms with E-state index >= 15 is 0 Å². The zero-order chi connectivity index (χ0) is 19.2. The van der Waals surface area contributed by atoms with Crippen LogP contribution in [0.15, 0.2) is 24.3 Å². The van der Waals surface area contributed by atoms with Crippen molar-refractivity contribution in [3.05, 3.63) is 29.0 Å². The van der Waals surface area contributed by atoms with Crippen molar-refractivity contribution in [1.29, 1.82) is 0 Å². The summed E-state index contributed by atoms with van der Waals surface area (Å²) in [5, 5.41) is 7.20. The van der Waals surface area contributed by atoms with Gasteiger partial charge in [-0.15, -0.1) is 0 Å². The predicted octanol–water partition coefficient (Wildman–Crippen LogP) is 2.56. The molecule has 0 spiro atoms. The molecular weight excluding hydrogens is 362 g/mol. The highest BCUT2D eigenvalue weighted by atomic mass is 32.1. The van der Waals surface area contributed by atoms with Crippen LogP contribution < -0.4 is 4.74 Å². The summed E-state index contributed by atoms with van der Waals surface area (Å²) >= 11 is 5.37. The summed E-state index contributed by atoms with van der Waals surface area (Å²) in [5.74, 6) is 1.74. The Bertz CT molecular complexity index is 814. The first-order chi connectivity index (χ1) is 13.1. The summed E-state index contributed by atoms with van der Waals surface area (Å²) in [6, 6.07) is 7.75. The first-order valence-corrected chi connectivity index (χ1v) is 9.84. The Morgan fingerprint density at radius 2 is 2.00 bits per heavy atom. The van der Waals surface area contributed by atoms with Crippen molar-refractivity contribution in [3.63, 3.8) is 0 Å². The Morgan fingerprint density at radius 3 is 2.74 bits per heavy atom. The van der Waals surface area contributed by atoms with E-state index in [-0.39, 0.29) is 5.91 Å². The summed E-state index contributed by atoms with van der Waals surface area (Å²) < 4.78 is 7.91. The SMILES string of the molecule is CCOc1ccc(-c2n[nH]c(=S)n2CCC(=O)N2CCCN(C)CC2)cc1. The van der Waals surface area contributed by atoms with Crippen LogP contribution in [-0.2, 0) is 11.3 Å². The lowest BCUT2D eigenvalue weighted by Crippen LogP contribution is -2.35. The fraction of sp³-hybridized carbons (Fsp3) is 0.526. The Labute approximate surface area is 164 Å². The number of aromatic nitrogens is 3. The Hall–Kier alpha value is -2.19. The second kappa shape index (κ2) is 9.14. The molecule has 27 heavy (non-hydrogen) atoms. The largest absolute Gasteiger partial charge is 0.494 e. The van der Waals surface area contributed by atoms with Crippen LogP contribution in [0.3, 0.4) is 0 Å². The molecule has 0 unspecified atom stereocenters. The minimum atomic E-state index is 0.172. The van der Waals surface area contributed by atoms with Crippen molar-refractivity contribution in [2.45, 2.75) is 26.3 Å². The standard InChI is InChI=1S/C19H27N5O2S/c1-3-26-16-7-5-15(6-8-16)18-20-21-19(27)24(18)12-9-17(25)23-11-4-10-22(2)13-14-23/h5-8H,3-4,9-14H2,1-2H3,(H,21,27). The Morgan fingerprint density at radius 1 is 1.22 bits per heavy atom. The number of likely N-dealkylation sites (N-methyl/N-ethyl adjacent to an activating group) is 1. The molecule has 1 fully saturated rings. The molecule has 0 atom stereocenters. The minimum absolute atomic E-state index is 0.172. The maximum atomic E-state index is 12.6. The Kier molecular flexibility index (Phi) is 6.63. The maximum Gasteiger partial charge on any atom is 0.224 e. The van der Waals surface area contributed by atoms with Gasteiger partial charge in [-0.2, -0.15) is 5.10 Å². The number of benzene rings is 1. The highest BCUT2D eigenvalue weighted by molar-refractivity contribution is 7.71. The zero-order valence-corrected chi connectivity index (χ0v) is 16.8. The lowest BCUT2D eigenvalue weighted by atomic mass is 10.2. The second-order valence-corrected chi connectivity index (χ2v) is 7.14. The molecule has 0 aliphatic carbocycles. The minimum Gasteiger partial charge on any atom is -0.494 e. The van der Waals surface area contributed by atoms with Crippen LogP contribution in [0.4, 0.5) is 0 Å². The lowest BCUT2D eigenvalue weighted by Gasteiger charge is -2.20. The van der Waals surface area contributed by atoms with Crippen molar-refractivity contribution in [2.24, 2.45) is 0 Å². The van der Waals surface area contributed by atoms with Crippen molar-refractivity contribution in [1.82, 2.24) is 24.6 Å². The van der Waals surface area contributed by atoms with Gasteiger partial charge in [0.15, 0.2) is 10.6 Å². The molecule has 1 amide bonds. The normalized spacial score (nSPS) is 15.6. The van der Waals surface area contributed by atoms with Crippen molar-refractivity contribution < 1.29 is 9.53 Å². The van der Waals surface area contributed by atoms with Crippen LogP contribution in [0.25, 0.3) is 11.4 Å². The molecule has 3 rings (SSSR count). The molecule has 2 heterocycles. The molecule has 0 radical (unpaired) electrons. The number of aromatic amines is 1. The third-order valence-electron chi connectivity index (χ3n) is 4.80. The first kappa shape index (κ1) is 19.6. The predicted molar refractivity (Wildman–Crippen MR) is 107 cm³/mol. The summed E-state index contributed by atoms with van der Waals surface area (Å²) in [4.78, 5) is 16.9. The van der Waals surface area contributed by atoms with Gasteiger partial charge in [0.2, 0.25) is 5.91 Å². The molecule has 1 saturated heterocycles. The van der Waals surface area contributed by atoms with Crippen LogP contribution in [-0.4, -0.2) is 70.3 Å². The molecule has 1 aliphatic rings. The number of H-pyrrole nitrogens is 1. The van der Waals surface area contributed by atoms with Gasteiger partial charge in [-0.3, -0.25) is 14.5 Å². The molecular formula is C19H27N5O2S. The number of ether oxygens (including phenoxy) is 1. The van der Waals surface area contributed by atoms with Crippen LogP contribution >= 0.6 is 12.2 Å². The van der Waals surface area contributed by atoms with E-state index in [0.717, 1.165) is 49.7 Å². The van der Waals surface area contributed by atoms with Crippen molar-refractivity contribution in [3.8, 4) is 17.1 Å². The number of carbonyl (C=O) groups excluding carboxylic acids is 1. The van der Waals surface area contributed by atoms with Crippen LogP contribution in [0, 0.1) is 4.77 Å². The molecule has 8 heteroatoms. The maximum absolute atomic E-state index is 12.6. The van der Waals surface area contributed by atoms with E-state index in [4.69, 9.17) is 17.0 Å². The molecule has 0 bridgehead atoms. The fourth-order valence-corrected chi connectivity index (χ4v) is 3.50. The molecule has 1 aliphatic heterocycles. The molecule has 146 valence electrons. The topological polar surface area (TPSA) is 66.4 Å². The first-order valence-electron chi connectivity index (χ1n) is 9.43. The van der Waals surface area contributed by atoms with Gasteiger partial charge in [0.1, 0.15) is 5.75 Å². The van der Waals surface area contributed by atoms with Crippen LogP contribution in [0.2, 0.25) is 0 Å². The number of rotatable bonds is 6. The number of hydrogen-bond acceptors (Lipinski definition) is 5. The van der Waals surface area contributed by atoms with Gasteiger partial charge >= 0.3 is 0 Å². The number of carbonyl (C=O) groups is 1. The van der Waals surface area contributed by atoms with Crippen molar-refractivity contribution in [2.75, 3.05) is 39.8 Å². The Balaban J connectivity index is 1.68. The number of amides is 1. The summed E-state index contributed by atoms with van der Waals surface area (Å²) in [5.41, 5.74) is 0.939. The number of nitrogens with zero attached hydrogens (tertiary/aromatic N) is 4. The molecule has 0 saturated carbocycles. The summed E-state index contributed by atoms with van der Waals surface area (Å²) in [6.45, 7) is 6.68. The van der Waals surface area contributed by atoms with Gasteiger partial charge in [0, 0.05) is 38.2 Å². The summed E-state index contributed by atoms with van der Waals surface area (Å²) in [6.07, 6.45) is 1.44. The second-order valence-electron chi connectivity index (χ2n) is 6.75. The zero-order valence-electron chi connectivity index (χ0n) is 16.0. The van der Waals surface area contributed by atoms with Crippen LogP contribution in [0.5, 0.6) is 5.75 Å². The number of hydrogen-bond donors (Lipinski definition) is 1. The molecule has 1 aromatic carbocycles. The van der Waals surface area contributed by atoms with Gasteiger partial charge in [0.25, 0.3) is 0 Å². The average molecular weight is 390 g/mol. The molecule has 2 aromatic rings. The van der Waals surface area contributed by atoms with Gasteiger partial charge in [-0.05, 0) is 63.4 Å². The van der Waals surface area contributed by atoms with E-state index < -0.39 is 0 Å². The van der Waals surface area contributed by atoms with E-state index in [1.165, 1.54) is 0 Å². The van der Waals surface area contributed by atoms with Crippen molar-refractivity contribution >= 4 is 18.1 Å². The van der Waals surface area contributed by atoms with E-state index in [2.05, 4.69) is 22.1 Å². The van der Waals surface area contributed by atoms with E-state index in [9.17, 15) is 4.79 Å². The van der Waals surface area contributed by atoms with Gasteiger partial charge < -0.3 is 14.5 Å². The third kappa shape index (κ3) is 4.95. The monoisotopic (exact) mass is 389 g/mol. The summed E-state index contributed by atoms with van der Waals surface area (Å²) in [7, 11) is 2.10. The smallest absolute Gasteiger partial charge is 0.224 e.